The average Bonchev–Trinajstić information content (AvgIpc) is 3.39. The van der Waals surface area contributed by atoms with Crippen LogP contribution in [0.5, 0.6) is 0 Å². The van der Waals surface area contributed by atoms with Crippen LogP contribution in [0.4, 0.5) is 0 Å². The number of piperidine rings is 1. The number of carbonyl (C=O) groups excluding carboxylic acids is 2. The van der Waals surface area contributed by atoms with E-state index in [1.807, 2.05) is 4.90 Å². The van der Waals surface area contributed by atoms with Crippen molar-refractivity contribution in [3.63, 3.8) is 0 Å². The Morgan fingerprint density at radius 3 is 2.28 bits per heavy atom. The van der Waals surface area contributed by atoms with E-state index in [4.69, 9.17) is 0 Å². The van der Waals surface area contributed by atoms with Crippen molar-refractivity contribution in [2.45, 2.75) is 30.6 Å². The molecule has 2 aliphatic rings. The lowest BCUT2D eigenvalue weighted by Gasteiger charge is -2.32. The zero-order chi connectivity index (χ0) is 22.6. The van der Waals surface area contributed by atoms with E-state index in [-0.39, 0.29) is 16.7 Å². The lowest BCUT2D eigenvalue weighted by Crippen LogP contribution is -2.41. The Hall–Kier alpha value is -2.78. The zero-order valence-corrected chi connectivity index (χ0v) is 18.8. The average molecular weight is 457 g/mol. The number of hydrogen-bond donors (Lipinski definition) is 1. The molecule has 2 fully saturated rings. The summed E-state index contributed by atoms with van der Waals surface area (Å²) in [5, 5.41) is 2.95. The summed E-state index contributed by atoms with van der Waals surface area (Å²) in [4.78, 5) is 31.1. The minimum absolute atomic E-state index is 0.00967. The van der Waals surface area contributed by atoms with Gasteiger partial charge in [-0.25, -0.2) is 8.42 Å². The number of nitrogens with one attached hydrogen (secondary N) is 1. The summed E-state index contributed by atoms with van der Waals surface area (Å²) in [5.74, 6) is 0.0697. The molecule has 0 saturated carbocycles. The molecule has 0 atom stereocenters. The first-order chi connectivity index (χ1) is 15.4. The van der Waals surface area contributed by atoms with Crippen molar-refractivity contribution in [3.05, 3.63) is 59.9 Å². The first-order valence-electron chi connectivity index (χ1n) is 11.0. The summed E-state index contributed by atoms with van der Waals surface area (Å²) in [6, 6.07) is 9.66. The largest absolute Gasteiger partial charge is 0.352 e. The Morgan fingerprint density at radius 1 is 0.969 bits per heavy atom. The molecule has 170 valence electrons. The lowest BCUT2D eigenvalue weighted by molar-refractivity contribution is 0.0684. The fraction of sp³-hybridized carbons (Fsp3) is 0.435. The van der Waals surface area contributed by atoms with Crippen molar-refractivity contribution in [2.75, 3.05) is 32.7 Å². The zero-order valence-electron chi connectivity index (χ0n) is 17.9. The van der Waals surface area contributed by atoms with Crippen molar-refractivity contribution in [2.24, 2.45) is 5.92 Å². The summed E-state index contributed by atoms with van der Waals surface area (Å²) in [7, 11) is -3.48. The quantitative estimate of drug-likeness (QED) is 0.718. The maximum Gasteiger partial charge on any atom is 0.255 e. The Bertz CT molecular complexity index is 1040. The van der Waals surface area contributed by atoms with Crippen molar-refractivity contribution in [1.29, 1.82) is 0 Å². The van der Waals surface area contributed by atoms with Gasteiger partial charge in [-0.2, -0.15) is 4.31 Å². The molecule has 1 aromatic heterocycles. The topological polar surface area (TPSA) is 99.7 Å². The predicted octanol–water partition coefficient (Wildman–Crippen LogP) is 2.15. The Labute approximate surface area is 188 Å². The molecule has 8 nitrogen and oxygen atoms in total. The molecular weight excluding hydrogens is 428 g/mol. The van der Waals surface area contributed by atoms with Crippen molar-refractivity contribution in [1.82, 2.24) is 19.5 Å². The van der Waals surface area contributed by atoms with Gasteiger partial charge in [0, 0.05) is 50.7 Å². The molecule has 1 N–H and O–H groups in total. The van der Waals surface area contributed by atoms with E-state index < -0.39 is 10.0 Å². The van der Waals surface area contributed by atoms with E-state index in [2.05, 4.69) is 10.3 Å². The highest BCUT2D eigenvalue weighted by atomic mass is 32.2. The number of pyridine rings is 1. The summed E-state index contributed by atoms with van der Waals surface area (Å²) in [5.41, 5.74) is 1.03. The highest BCUT2D eigenvalue weighted by Crippen LogP contribution is 2.22. The van der Waals surface area contributed by atoms with Crippen molar-refractivity contribution in [3.8, 4) is 0 Å². The van der Waals surface area contributed by atoms with Crippen LogP contribution in [0.2, 0.25) is 0 Å². The van der Waals surface area contributed by atoms with Crippen LogP contribution in [0.1, 0.15) is 46.4 Å². The lowest BCUT2D eigenvalue weighted by atomic mass is 9.96. The molecule has 1 aromatic carbocycles. The van der Waals surface area contributed by atoms with Gasteiger partial charge < -0.3 is 10.2 Å². The number of sulfonamides is 1. The number of hydrogen-bond acceptors (Lipinski definition) is 5. The molecule has 2 saturated heterocycles. The number of likely N-dealkylation sites (tertiary alicyclic amines) is 1. The predicted molar refractivity (Wildman–Crippen MR) is 120 cm³/mol. The smallest absolute Gasteiger partial charge is 0.255 e. The van der Waals surface area contributed by atoms with Crippen LogP contribution in [0, 0.1) is 5.92 Å². The van der Waals surface area contributed by atoms with Crippen LogP contribution in [-0.4, -0.2) is 67.1 Å². The van der Waals surface area contributed by atoms with E-state index in [9.17, 15) is 18.0 Å². The standard InChI is InChI=1S/C23H28N4O4S/c28-22(19-5-7-21(8-6-19)32(30,31)27-12-1-2-13-27)25-16-18-9-14-26(15-10-18)23(29)20-4-3-11-24-17-20/h3-8,11,17-18H,1-2,9-10,12-16H2,(H,25,28). The van der Waals surface area contributed by atoms with Crippen molar-refractivity contribution < 1.29 is 18.0 Å². The molecule has 9 heteroatoms. The number of carbonyl (C=O) groups is 2. The number of benzene rings is 1. The van der Waals surface area contributed by atoms with Gasteiger partial charge in [0.25, 0.3) is 11.8 Å². The highest BCUT2D eigenvalue weighted by molar-refractivity contribution is 7.89. The molecule has 0 aliphatic carbocycles. The second-order valence-corrected chi connectivity index (χ2v) is 10.3. The number of rotatable bonds is 6. The van der Waals surface area contributed by atoms with Gasteiger partial charge >= 0.3 is 0 Å². The molecule has 0 unspecified atom stereocenters. The van der Waals surface area contributed by atoms with Crippen molar-refractivity contribution >= 4 is 21.8 Å². The van der Waals surface area contributed by atoms with E-state index in [1.54, 1.807) is 36.7 Å². The fourth-order valence-electron chi connectivity index (χ4n) is 4.21. The maximum atomic E-state index is 12.6. The summed E-state index contributed by atoms with van der Waals surface area (Å²) in [6.45, 7) is 2.94. The SMILES string of the molecule is O=C(NCC1CCN(C(=O)c2cccnc2)CC1)c1ccc(S(=O)(=O)N2CCCC2)cc1. The van der Waals surface area contributed by atoms with Crippen LogP contribution in [0.15, 0.2) is 53.7 Å². The summed E-state index contributed by atoms with van der Waals surface area (Å²) in [6.07, 6.45) is 6.63. The van der Waals surface area contributed by atoms with E-state index in [0.717, 1.165) is 25.7 Å². The highest BCUT2D eigenvalue weighted by Gasteiger charge is 2.27. The Kier molecular flexibility index (Phi) is 6.86. The number of aromatic nitrogens is 1. The molecule has 4 rings (SSSR count). The van der Waals surface area contributed by atoms with Crippen LogP contribution >= 0.6 is 0 Å². The summed E-state index contributed by atoms with van der Waals surface area (Å²) >= 11 is 0. The van der Waals surface area contributed by atoms with Gasteiger partial charge in [0.05, 0.1) is 10.5 Å². The molecule has 2 aromatic rings. The maximum absolute atomic E-state index is 12.6. The van der Waals surface area contributed by atoms with Gasteiger partial charge in [-0.1, -0.05) is 0 Å². The third-order valence-corrected chi connectivity index (χ3v) is 8.09. The monoisotopic (exact) mass is 456 g/mol. The normalized spacial score (nSPS) is 17.9. The van der Waals surface area contributed by atoms with Gasteiger partial charge in [-0.3, -0.25) is 14.6 Å². The molecule has 2 amide bonds. The molecule has 32 heavy (non-hydrogen) atoms. The molecule has 0 bridgehead atoms. The van der Waals surface area contributed by atoms with Gasteiger partial charge in [0.15, 0.2) is 0 Å². The van der Waals surface area contributed by atoms with E-state index in [1.165, 1.54) is 16.4 Å². The minimum Gasteiger partial charge on any atom is -0.352 e. The molecule has 2 aliphatic heterocycles. The molecule has 0 radical (unpaired) electrons. The van der Waals surface area contributed by atoms with Crippen LogP contribution in [0.3, 0.4) is 0 Å². The second-order valence-electron chi connectivity index (χ2n) is 8.32. The number of amides is 2. The van der Waals surface area contributed by atoms with Gasteiger partial charge in [-0.15, -0.1) is 0 Å². The van der Waals surface area contributed by atoms with Gasteiger partial charge in [0.2, 0.25) is 10.0 Å². The van der Waals surface area contributed by atoms with Crippen LogP contribution in [0.25, 0.3) is 0 Å². The Balaban J connectivity index is 1.26. The Morgan fingerprint density at radius 2 is 1.66 bits per heavy atom. The molecule has 3 heterocycles. The van der Waals surface area contributed by atoms with E-state index >= 15 is 0 Å². The van der Waals surface area contributed by atoms with Gasteiger partial charge in [-0.05, 0) is 68.0 Å². The first kappa shape index (κ1) is 22.4. The van der Waals surface area contributed by atoms with E-state index in [0.29, 0.717) is 49.8 Å². The minimum atomic E-state index is -3.48. The first-order valence-corrected chi connectivity index (χ1v) is 12.5. The van der Waals surface area contributed by atoms with Gasteiger partial charge in [0.1, 0.15) is 0 Å². The molecular formula is C23H28N4O4S. The molecule has 0 spiro atoms. The van der Waals surface area contributed by atoms with Crippen LogP contribution in [-0.2, 0) is 10.0 Å². The fourth-order valence-corrected chi connectivity index (χ4v) is 5.72. The summed E-state index contributed by atoms with van der Waals surface area (Å²) < 4.78 is 26.7. The van der Waals surface area contributed by atoms with Crippen LogP contribution < -0.4 is 5.32 Å². The third-order valence-electron chi connectivity index (χ3n) is 6.18. The second kappa shape index (κ2) is 9.79. The third kappa shape index (κ3) is 4.99. The number of nitrogens with zero attached hydrogens (tertiary/aromatic N) is 3.